The van der Waals surface area contributed by atoms with Crippen molar-refractivity contribution in [3.8, 4) is 0 Å². The Hall–Kier alpha value is -2.19. The molecule has 1 unspecified atom stereocenters. The molecule has 4 heterocycles. The third-order valence-corrected chi connectivity index (χ3v) is 7.51. The standard InChI is InChI=1S/C23H30N2O6/c26-13-12-25-19-21(28)24(15-7-2-1-3-8-15)11-6-10-23(19)18(20(25)27)17-16(31-23)9-4-5-14-30-22(17)29/h4,6,9-10,15-19,26H,1-3,5,7-8,11-14H2/t16-,17+,18-,19?,23-/m0/s1. The Morgan fingerprint density at radius 2 is 1.90 bits per heavy atom. The Morgan fingerprint density at radius 3 is 2.68 bits per heavy atom. The van der Waals surface area contributed by atoms with E-state index in [0.717, 1.165) is 25.7 Å². The number of cyclic esters (lactones) is 1. The number of fused-ring (bicyclic) bond motifs is 2. The van der Waals surface area contributed by atoms with Crippen LogP contribution in [0.5, 0.6) is 0 Å². The van der Waals surface area contributed by atoms with Crippen LogP contribution < -0.4 is 0 Å². The van der Waals surface area contributed by atoms with Gasteiger partial charge in [0.1, 0.15) is 17.6 Å². The Labute approximate surface area is 181 Å². The number of hydrogen-bond acceptors (Lipinski definition) is 6. The maximum Gasteiger partial charge on any atom is 0.312 e. The van der Waals surface area contributed by atoms with E-state index < -0.39 is 35.6 Å². The monoisotopic (exact) mass is 430 g/mol. The van der Waals surface area contributed by atoms with Crippen LogP contribution in [0.15, 0.2) is 24.3 Å². The molecule has 5 atom stereocenters. The lowest BCUT2D eigenvalue weighted by atomic mass is 9.77. The second kappa shape index (κ2) is 8.06. The first-order valence-electron chi connectivity index (χ1n) is 11.5. The van der Waals surface area contributed by atoms with E-state index in [0.29, 0.717) is 13.0 Å². The first-order chi connectivity index (χ1) is 15.1. The van der Waals surface area contributed by atoms with Gasteiger partial charge >= 0.3 is 5.97 Å². The molecule has 168 valence electrons. The van der Waals surface area contributed by atoms with E-state index >= 15 is 0 Å². The van der Waals surface area contributed by atoms with E-state index in [1.54, 1.807) is 0 Å². The van der Waals surface area contributed by atoms with Gasteiger partial charge in [0.15, 0.2) is 0 Å². The number of nitrogens with zero attached hydrogens (tertiary/aromatic N) is 2. The number of amides is 2. The topological polar surface area (TPSA) is 96.4 Å². The van der Waals surface area contributed by atoms with Crippen LogP contribution >= 0.6 is 0 Å². The molecule has 5 rings (SSSR count). The Kier molecular flexibility index (Phi) is 5.38. The fourth-order valence-electron chi connectivity index (χ4n) is 6.19. The lowest BCUT2D eigenvalue weighted by Crippen LogP contribution is -2.57. The Bertz CT molecular complexity index is 819. The van der Waals surface area contributed by atoms with E-state index in [4.69, 9.17) is 9.47 Å². The minimum atomic E-state index is -1.23. The quantitative estimate of drug-likeness (QED) is 0.526. The van der Waals surface area contributed by atoms with E-state index in [-0.39, 0.29) is 37.6 Å². The Morgan fingerprint density at radius 1 is 1.10 bits per heavy atom. The minimum absolute atomic E-state index is 0.0332. The zero-order chi connectivity index (χ0) is 21.6. The van der Waals surface area contributed by atoms with Crippen molar-refractivity contribution in [3.63, 3.8) is 0 Å². The van der Waals surface area contributed by atoms with Crippen molar-refractivity contribution < 1.29 is 29.0 Å². The number of carbonyl (C=O) groups excluding carboxylic acids is 3. The minimum Gasteiger partial charge on any atom is -0.465 e. The highest BCUT2D eigenvalue weighted by Gasteiger charge is 2.71. The molecule has 2 saturated heterocycles. The van der Waals surface area contributed by atoms with Crippen molar-refractivity contribution in [1.29, 1.82) is 0 Å². The first-order valence-corrected chi connectivity index (χ1v) is 11.5. The normalized spacial score (nSPS) is 38.3. The van der Waals surface area contributed by atoms with Crippen molar-refractivity contribution >= 4 is 17.8 Å². The zero-order valence-electron chi connectivity index (χ0n) is 17.7. The van der Waals surface area contributed by atoms with Crippen LogP contribution in [0, 0.1) is 11.8 Å². The van der Waals surface area contributed by atoms with E-state index in [1.165, 1.54) is 11.3 Å². The summed E-state index contributed by atoms with van der Waals surface area (Å²) in [5.41, 5.74) is -1.23. The maximum atomic E-state index is 13.9. The summed E-state index contributed by atoms with van der Waals surface area (Å²) in [7, 11) is 0. The van der Waals surface area contributed by atoms with E-state index in [9.17, 15) is 19.5 Å². The number of aliphatic hydroxyl groups is 1. The van der Waals surface area contributed by atoms with Crippen LogP contribution in [0.3, 0.4) is 0 Å². The van der Waals surface area contributed by atoms with Gasteiger partial charge in [-0.2, -0.15) is 0 Å². The largest absolute Gasteiger partial charge is 0.465 e. The molecule has 8 nitrogen and oxygen atoms in total. The molecule has 0 aromatic rings. The highest BCUT2D eigenvalue weighted by atomic mass is 16.6. The van der Waals surface area contributed by atoms with Crippen molar-refractivity contribution in [2.45, 2.75) is 62.3 Å². The van der Waals surface area contributed by atoms with Gasteiger partial charge in [0.25, 0.3) is 0 Å². The molecule has 0 bridgehead atoms. The molecule has 1 aliphatic carbocycles. The van der Waals surface area contributed by atoms with Gasteiger partial charge in [0.05, 0.1) is 25.2 Å². The van der Waals surface area contributed by atoms with Crippen LogP contribution in [0.4, 0.5) is 0 Å². The van der Waals surface area contributed by atoms with Crippen LogP contribution in [0.25, 0.3) is 0 Å². The number of hydrogen-bond donors (Lipinski definition) is 1. The van der Waals surface area contributed by atoms with Gasteiger partial charge in [0, 0.05) is 19.1 Å². The summed E-state index contributed by atoms with van der Waals surface area (Å²) < 4.78 is 11.8. The summed E-state index contributed by atoms with van der Waals surface area (Å²) in [5, 5.41) is 9.65. The molecule has 8 heteroatoms. The molecule has 0 aromatic heterocycles. The van der Waals surface area contributed by atoms with E-state index in [2.05, 4.69) is 0 Å². The number of carbonyl (C=O) groups is 3. The highest BCUT2D eigenvalue weighted by molar-refractivity contribution is 5.99. The SMILES string of the molecule is O=C1OCCC=C[C@@H]2O[C@]34C=CCN(C5CCCCC5)C(=O)C3N(CCO)C(=O)[C@@H]4[C@H]12. The third kappa shape index (κ3) is 3.14. The number of esters is 1. The number of aliphatic hydroxyl groups excluding tert-OH is 1. The van der Waals surface area contributed by atoms with Gasteiger partial charge in [-0.1, -0.05) is 43.6 Å². The van der Waals surface area contributed by atoms with Crippen molar-refractivity contribution in [2.24, 2.45) is 11.8 Å². The van der Waals surface area contributed by atoms with Gasteiger partial charge in [-0.25, -0.2) is 0 Å². The van der Waals surface area contributed by atoms with Gasteiger partial charge in [-0.15, -0.1) is 0 Å². The fraction of sp³-hybridized carbons (Fsp3) is 0.696. The third-order valence-electron chi connectivity index (χ3n) is 7.51. The zero-order valence-corrected chi connectivity index (χ0v) is 17.7. The summed E-state index contributed by atoms with van der Waals surface area (Å²) in [5.74, 6) is -2.55. The second-order valence-electron chi connectivity index (χ2n) is 9.17. The smallest absolute Gasteiger partial charge is 0.312 e. The second-order valence-corrected chi connectivity index (χ2v) is 9.17. The van der Waals surface area contributed by atoms with Gasteiger partial charge < -0.3 is 24.4 Å². The summed E-state index contributed by atoms with van der Waals surface area (Å²) in [6, 6.07) is -0.738. The molecule has 2 amide bonds. The van der Waals surface area contributed by atoms with Gasteiger partial charge in [-0.3, -0.25) is 14.4 Å². The van der Waals surface area contributed by atoms with Crippen LogP contribution in [-0.2, 0) is 23.9 Å². The van der Waals surface area contributed by atoms with Crippen molar-refractivity contribution in [1.82, 2.24) is 9.80 Å². The van der Waals surface area contributed by atoms with Crippen LogP contribution in [0.2, 0.25) is 0 Å². The number of ether oxygens (including phenoxy) is 2. The molecule has 31 heavy (non-hydrogen) atoms. The molecule has 3 fully saturated rings. The average Bonchev–Trinajstić information content (AvgIpc) is 3.13. The predicted octanol–water partition coefficient (Wildman–Crippen LogP) is 0.794. The summed E-state index contributed by atoms with van der Waals surface area (Å²) in [4.78, 5) is 43.7. The molecule has 1 N–H and O–H groups in total. The maximum absolute atomic E-state index is 13.9. The van der Waals surface area contributed by atoms with Crippen molar-refractivity contribution in [2.75, 3.05) is 26.3 Å². The summed E-state index contributed by atoms with van der Waals surface area (Å²) in [6.45, 7) is 0.504. The highest BCUT2D eigenvalue weighted by Crippen LogP contribution is 2.53. The summed E-state index contributed by atoms with van der Waals surface area (Å²) in [6.07, 6.45) is 12.8. The molecule has 0 aromatic carbocycles. The lowest BCUT2D eigenvalue weighted by molar-refractivity contribution is -0.155. The number of likely N-dealkylation sites (tertiary alicyclic amines) is 1. The average molecular weight is 431 g/mol. The van der Waals surface area contributed by atoms with Gasteiger partial charge in [0.2, 0.25) is 11.8 Å². The molecule has 0 radical (unpaired) electrons. The first kappa shape index (κ1) is 20.7. The molecule has 4 aliphatic heterocycles. The summed E-state index contributed by atoms with van der Waals surface area (Å²) >= 11 is 0. The molecule has 1 saturated carbocycles. The number of rotatable bonds is 3. The fourth-order valence-corrected chi connectivity index (χ4v) is 6.19. The lowest BCUT2D eigenvalue weighted by Gasteiger charge is -2.39. The van der Waals surface area contributed by atoms with Gasteiger partial charge in [-0.05, 0) is 19.3 Å². The molecular weight excluding hydrogens is 400 g/mol. The molecule has 5 aliphatic rings. The van der Waals surface area contributed by atoms with Crippen LogP contribution in [0.1, 0.15) is 38.5 Å². The molecule has 1 spiro atoms. The molecular formula is C23H30N2O6. The predicted molar refractivity (Wildman–Crippen MR) is 110 cm³/mol. The number of β-amino-alcohol motifs (C(OH)–C–C–N with tert-alkyl or cyclic N) is 1. The van der Waals surface area contributed by atoms with Crippen molar-refractivity contribution in [3.05, 3.63) is 24.3 Å². The van der Waals surface area contributed by atoms with E-state index in [1.807, 2.05) is 29.2 Å². The van der Waals surface area contributed by atoms with Crippen LogP contribution in [-0.4, -0.2) is 82.8 Å². The Balaban J connectivity index is 1.57.